The van der Waals surface area contributed by atoms with Crippen LogP contribution in [0.15, 0.2) is 24.3 Å². The lowest BCUT2D eigenvalue weighted by Gasteiger charge is -2.42. The molecule has 0 spiro atoms. The largest absolute Gasteiger partial charge is 0.328 e. The molecule has 0 radical (unpaired) electrons. The molecule has 2 atom stereocenters. The summed E-state index contributed by atoms with van der Waals surface area (Å²) in [7, 11) is 0. The number of halogens is 2. The second-order valence-corrected chi connectivity index (χ2v) is 6.40. The number of hydrogen-bond donors (Lipinski definition) is 2. The van der Waals surface area contributed by atoms with Crippen LogP contribution in [0, 0.1) is 11.3 Å². The third-order valence-corrected chi connectivity index (χ3v) is 4.64. The molecule has 1 amide bonds. The van der Waals surface area contributed by atoms with E-state index in [0.717, 1.165) is 25.2 Å². The Morgan fingerprint density at radius 2 is 1.88 bits per heavy atom. The van der Waals surface area contributed by atoms with E-state index < -0.39 is 18.8 Å². The van der Waals surface area contributed by atoms with Gasteiger partial charge in [-0.1, -0.05) is 12.1 Å². The zero-order valence-corrected chi connectivity index (χ0v) is 13.8. The number of piperazine rings is 1. The molecule has 2 aliphatic rings. The highest BCUT2D eigenvalue weighted by Crippen LogP contribution is 2.15. The SMILES string of the molecule is N#Cc1ccc(CN2CCN(C3NC(=O)CC(C(F)F)N3)CC2)cc1. The fraction of sp³-hybridized carbons (Fsp3) is 0.529. The van der Waals surface area contributed by atoms with Crippen molar-refractivity contribution in [1.82, 2.24) is 20.4 Å². The normalized spacial score (nSPS) is 25.6. The summed E-state index contributed by atoms with van der Waals surface area (Å²) in [6.45, 7) is 3.72. The first-order valence-corrected chi connectivity index (χ1v) is 8.34. The minimum Gasteiger partial charge on any atom is -0.328 e. The predicted octanol–water partition coefficient (Wildman–Crippen LogP) is 0.703. The summed E-state index contributed by atoms with van der Waals surface area (Å²) in [5.74, 6) is -0.339. The lowest BCUT2D eigenvalue weighted by atomic mass is 10.1. The van der Waals surface area contributed by atoms with E-state index in [9.17, 15) is 13.6 Å². The van der Waals surface area contributed by atoms with Crippen LogP contribution in [0.25, 0.3) is 0 Å². The van der Waals surface area contributed by atoms with Crippen LogP contribution in [0.2, 0.25) is 0 Å². The first-order chi connectivity index (χ1) is 12.0. The Labute approximate surface area is 145 Å². The van der Waals surface area contributed by atoms with Crippen LogP contribution in [-0.4, -0.2) is 60.6 Å². The van der Waals surface area contributed by atoms with Gasteiger partial charge >= 0.3 is 0 Å². The van der Waals surface area contributed by atoms with Crippen molar-refractivity contribution in [3.63, 3.8) is 0 Å². The van der Waals surface area contributed by atoms with Gasteiger partial charge in [0.2, 0.25) is 5.91 Å². The summed E-state index contributed by atoms with van der Waals surface area (Å²) in [6, 6.07) is 8.51. The van der Waals surface area contributed by atoms with E-state index in [1.165, 1.54) is 0 Å². The van der Waals surface area contributed by atoms with Gasteiger partial charge in [-0.25, -0.2) is 8.78 Å². The molecule has 6 nitrogen and oxygen atoms in total. The van der Waals surface area contributed by atoms with Crippen molar-refractivity contribution < 1.29 is 13.6 Å². The lowest BCUT2D eigenvalue weighted by Crippen LogP contribution is -2.67. The Bertz CT molecular complexity index is 637. The van der Waals surface area contributed by atoms with Gasteiger partial charge in [0, 0.05) is 39.1 Å². The van der Waals surface area contributed by atoms with Crippen LogP contribution in [0.3, 0.4) is 0 Å². The summed E-state index contributed by atoms with van der Waals surface area (Å²) >= 11 is 0. The second-order valence-electron chi connectivity index (χ2n) is 6.40. The number of hydrogen-bond acceptors (Lipinski definition) is 5. The second kappa shape index (κ2) is 7.87. The number of carbonyl (C=O) groups excluding carboxylic acids is 1. The zero-order chi connectivity index (χ0) is 17.8. The Balaban J connectivity index is 1.51. The van der Waals surface area contributed by atoms with Crippen molar-refractivity contribution >= 4 is 5.91 Å². The average molecular weight is 349 g/mol. The third kappa shape index (κ3) is 4.51. The van der Waals surface area contributed by atoms with Crippen LogP contribution in [0.4, 0.5) is 8.78 Å². The molecule has 25 heavy (non-hydrogen) atoms. The van der Waals surface area contributed by atoms with Gasteiger partial charge < -0.3 is 5.32 Å². The maximum absolute atomic E-state index is 12.9. The van der Waals surface area contributed by atoms with Gasteiger partial charge in [0.15, 0.2) is 0 Å². The van der Waals surface area contributed by atoms with E-state index in [4.69, 9.17) is 5.26 Å². The number of benzene rings is 1. The Morgan fingerprint density at radius 3 is 2.48 bits per heavy atom. The maximum Gasteiger partial charge on any atom is 0.254 e. The van der Waals surface area contributed by atoms with Crippen LogP contribution in [0.5, 0.6) is 0 Å². The van der Waals surface area contributed by atoms with Gasteiger partial charge in [-0.3, -0.25) is 19.9 Å². The first-order valence-electron chi connectivity index (χ1n) is 8.34. The van der Waals surface area contributed by atoms with Crippen molar-refractivity contribution in [1.29, 1.82) is 5.26 Å². The number of amides is 1. The molecule has 134 valence electrons. The molecular formula is C17H21F2N5O. The number of nitrogens with one attached hydrogen (secondary N) is 2. The fourth-order valence-corrected chi connectivity index (χ4v) is 3.20. The molecule has 1 aromatic rings. The quantitative estimate of drug-likeness (QED) is 0.837. The van der Waals surface area contributed by atoms with E-state index in [-0.39, 0.29) is 12.3 Å². The molecular weight excluding hydrogens is 328 g/mol. The van der Waals surface area contributed by atoms with Gasteiger partial charge in [-0.05, 0) is 17.7 Å². The predicted molar refractivity (Wildman–Crippen MR) is 87.5 cm³/mol. The van der Waals surface area contributed by atoms with E-state index in [2.05, 4.69) is 21.6 Å². The summed E-state index contributed by atoms with van der Waals surface area (Å²) in [4.78, 5) is 15.9. The van der Waals surface area contributed by atoms with E-state index in [1.54, 1.807) is 12.1 Å². The monoisotopic (exact) mass is 349 g/mol. The van der Waals surface area contributed by atoms with Crippen LogP contribution >= 0.6 is 0 Å². The summed E-state index contributed by atoms with van der Waals surface area (Å²) < 4.78 is 25.8. The molecule has 2 saturated heterocycles. The molecule has 0 aromatic heterocycles. The molecule has 1 aromatic carbocycles. The molecule has 2 aliphatic heterocycles. The topological polar surface area (TPSA) is 71.4 Å². The molecule has 3 rings (SSSR count). The number of rotatable bonds is 4. The number of carbonyl (C=O) groups is 1. The first kappa shape index (κ1) is 17.7. The highest BCUT2D eigenvalue weighted by molar-refractivity contribution is 5.77. The van der Waals surface area contributed by atoms with Gasteiger partial charge in [0.25, 0.3) is 6.43 Å². The van der Waals surface area contributed by atoms with Gasteiger partial charge in [-0.2, -0.15) is 5.26 Å². The summed E-state index contributed by atoms with van der Waals surface area (Å²) in [6.07, 6.45) is -3.27. The van der Waals surface area contributed by atoms with Crippen molar-refractivity contribution in [3.05, 3.63) is 35.4 Å². The molecule has 0 bridgehead atoms. The van der Waals surface area contributed by atoms with Crippen molar-refractivity contribution in [2.75, 3.05) is 26.2 Å². The fourth-order valence-electron chi connectivity index (χ4n) is 3.20. The average Bonchev–Trinajstić information content (AvgIpc) is 2.62. The lowest BCUT2D eigenvalue weighted by molar-refractivity contribution is -0.129. The Kier molecular flexibility index (Phi) is 5.58. The Morgan fingerprint density at radius 1 is 1.20 bits per heavy atom. The third-order valence-electron chi connectivity index (χ3n) is 4.64. The van der Waals surface area contributed by atoms with Crippen molar-refractivity contribution in [3.8, 4) is 6.07 Å². The summed E-state index contributed by atoms with van der Waals surface area (Å²) in [5.41, 5.74) is 1.77. The summed E-state index contributed by atoms with van der Waals surface area (Å²) in [5, 5.41) is 14.4. The van der Waals surface area contributed by atoms with E-state index >= 15 is 0 Å². The minimum absolute atomic E-state index is 0.188. The number of nitrogens with zero attached hydrogens (tertiary/aromatic N) is 3. The zero-order valence-electron chi connectivity index (χ0n) is 13.8. The van der Waals surface area contributed by atoms with Gasteiger partial charge in [0.05, 0.1) is 17.7 Å². The number of alkyl halides is 2. The highest BCUT2D eigenvalue weighted by atomic mass is 19.3. The molecule has 2 heterocycles. The van der Waals surface area contributed by atoms with Crippen LogP contribution in [-0.2, 0) is 11.3 Å². The Hall–Kier alpha value is -2.08. The smallest absolute Gasteiger partial charge is 0.254 e. The molecule has 2 unspecified atom stereocenters. The highest BCUT2D eigenvalue weighted by Gasteiger charge is 2.35. The van der Waals surface area contributed by atoms with Gasteiger partial charge in [-0.15, -0.1) is 0 Å². The van der Waals surface area contributed by atoms with E-state index in [1.807, 2.05) is 17.0 Å². The molecule has 0 aliphatic carbocycles. The standard InChI is InChI=1S/C17H21F2N5O/c18-16(19)14-9-15(25)22-17(21-14)24-7-5-23(6-8-24)11-13-3-1-12(10-20)2-4-13/h1-4,14,16-17,21H,5-9,11H2,(H,22,25). The molecule has 0 saturated carbocycles. The molecule has 8 heteroatoms. The van der Waals surface area contributed by atoms with Crippen LogP contribution < -0.4 is 10.6 Å². The van der Waals surface area contributed by atoms with Crippen LogP contribution in [0.1, 0.15) is 17.5 Å². The van der Waals surface area contributed by atoms with Crippen molar-refractivity contribution in [2.45, 2.75) is 31.7 Å². The minimum atomic E-state index is -2.55. The van der Waals surface area contributed by atoms with Gasteiger partial charge in [0.1, 0.15) is 6.29 Å². The molecule has 2 fully saturated rings. The number of nitriles is 1. The van der Waals surface area contributed by atoms with E-state index in [0.29, 0.717) is 18.7 Å². The molecule has 2 N–H and O–H groups in total. The maximum atomic E-state index is 12.9. The van der Waals surface area contributed by atoms with Crippen molar-refractivity contribution in [2.24, 2.45) is 0 Å².